The van der Waals surface area contributed by atoms with Gasteiger partial charge in [0.15, 0.2) is 11.6 Å². The third-order valence-electron chi connectivity index (χ3n) is 2.66. The predicted octanol–water partition coefficient (Wildman–Crippen LogP) is 3.14. The van der Waals surface area contributed by atoms with Crippen molar-refractivity contribution >= 4 is 28.6 Å². The summed E-state index contributed by atoms with van der Waals surface area (Å²) in [6.45, 7) is 2.34. The van der Waals surface area contributed by atoms with Crippen LogP contribution in [0.5, 0.6) is 5.88 Å². The van der Waals surface area contributed by atoms with Crippen LogP contribution in [0.25, 0.3) is 0 Å². The Morgan fingerprint density at radius 2 is 2.05 bits per heavy atom. The van der Waals surface area contributed by atoms with Crippen molar-refractivity contribution in [3.05, 3.63) is 47.7 Å². The van der Waals surface area contributed by atoms with Crippen LogP contribution < -0.4 is 15.8 Å². The van der Waals surface area contributed by atoms with E-state index >= 15 is 0 Å². The minimum absolute atomic E-state index is 0.0292. The molecule has 0 unspecified atom stereocenters. The lowest BCUT2D eigenvalue weighted by molar-refractivity contribution is 0.327. The lowest BCUT2D eigenvalue weighted by Gasteiger charge is -2.10. The van der Waals surface area contributed by atoms with Gasteiger partial charge in [0, 0.05) is 11.6 Å². The number of aromatic nitrogens is 1. The number of nitrogens with two attached hydrogens (primary N) is 1. The van der Waals surface area contributed by atoms with Crippen LogP contribution in [0.3, 0.4) is 0 Å². The second-order valence-electron chi connectivity index (χ2n) is 4.10. The Morgan fingerprint density at radius 1 is 1.29 bits per heavy atom. The largest absolute Gasteiger partial charge is 0.478 e. The molecule has 0 aliphatic rings. The summed E-state index contributed by atoms with van der Waals surface area (Å²) in [7, 11) is 0. The van der Waals surface area contributed by atoms with Crippen molar-refractivity contribution < 1.29 is 13.5 Å². The number of rotatable bonds is 5. The molecule has 1 heterocycles. The first kappa shape index (κ1) is 15.1. The molecule has 0 bridgehead atoms. The first-order chi connectivity index (χ1) is 10.0. The molecule has 0 radical (unpaired) electrons. The van der Waals surface area contributed by atoms with Crippen LogP contribution in [0.2, 0.25) is 0 Å². The van der Waals surface area contributed by atoms with Crippen molar-refractivity contribution in [1.29, 1.82) is 0 Å². The first-order valence-electron chi connectivity index (χ1n) is 6.16. The van der Waals surface area contributed by atoms with Crippen LogP contribution in [0.4, 0.5) is 20.2 Å². The molecule has 0 atom stereocenters. The number of thiocarbonyl (C=S) groups is 1. The van der Waals surface area contributed by atoms with E-state index in [0.717, 1.165) is 0 Å². The fraction of sp³-hybridized carbons (Fsp3) is 0.143. The average molecular weight is 309 g/mol. The van der Waals surface area contributed by atoms with Crippen LogP contribution in [-0.4, -0.2) is 16.6 Å². The molecule has 2 rings (SSSR count). The summed E-state index contributed by atoms with van der Waals surface area (Å²) in [5.74, 6) is -1.67. The number of halogens is 2. The van der Waals surface area contributed by atoms with E-state index in [-0.39, 0.29) is 16.2 Å². The predicted molar refractivity (Wildman–Crippen MR) is 80.9 cm³/mol. The molecule has 21 heavy (non-hydrogen) atoms. The lowest BCUT2D eigenvalue weighted by Crippen LogP contribution is -2.13. The number of nitrogens with one attached hydrogen (secondary N) is 1. The van der Waals surface area contributed by atoms with E-state index in [0.29, 0.717) is 18.2 Å². The van der Waals surface area contributed by atoms with E-state index in [4.69, 9.17) is 10.5 Å². The average Bonchev–Trinajstić information content (AvgIpc) is 2.46. The van der Waals surface area contributed by atoms with Crippen LogP contribution >= 0.6 is 12.2 Å². The monoisotopic (exact) mass is 309 g/mol. The fourth-order valence-electron chi connectivity index (χ4n) is 1.68. The summed E-state index contributed by atoms with van der Waals surface area (Å²) in [6.07, 6.45) is 1.46. The Morgan fingerprint density at radius 3 is 2.62 bits per heavy atom. The van der Waals surface area contributed by atoms with Gasteiger partial charge in [-0.05, 0) is 25.1 Å². The van der Waals surface area contributed by atoms with Gasteiger partial charge in [0.25, 0.3) is 0 Å². The van der Waals surface area contributed by atoms with E-state index in [2.05, 4.69) is 22.5 Å². The zero-order chi connectivity index (χ0) is 15.4. The number of hydrogen-bond acceptors (Lipinski definition) is 4. The normalized spacial score (nSPS) is 10.2. The van der Waals surface area contributed by atoms with E-state index in [1.54, 1.807) is 12.1 Å². The minimum Gasteiger partial charge on any atom is -0.478 e. The van der Waals surface area contributed by atoms with Gasteiger partial charge in [-0.25, -0.2) is 13.8 Å². The van der Waals surface area contributed by atoms with E-state index in [1.165, 1.54) is 18.3 Å². The van der Waals surface area contributed by atoms with Crippen LogP contribution in [0, 0.1) is 11.6 Å². The second-order valence-corrected chi connectivity index (χ2v) is 4.54. The van der Waals surface area contributed by atoms with Gasteiger partial charge in [0.05, 0.1) is 24.2 Å². The number of nitrogens with zero attached hydrogens (tertiary/aromatic N) is 1. The third-order valence-corrected chi connectivity index (χ3v) is 2.88. The zero-order valence-corrected chi connectivity index (χ0v) is 12.0. The number of ether oxygens (including phenoxy) is 1. The lowest BCUT2D eigenvalue weighted by atomic mass is 10.1. The van der Waals surface area contributed by atoms with Crippen molar-refractivity contribution in [2.45, 2.75) is 6.92 Å². The summed E-state index contributed by atoms with van der Waals surface area (Å²) in [5, 5.41) is 2.73. The molecule has 110 valence electrons. The van der Waals surface area contributed by atoms with E-state index < -0.39 is 11.6 Å². The fourth-order valence-corrected chi connectivity index (χ4v) is 1.84. The molecule has 7 heteroatoms. The smallest absolute Gasteiger partial charge is 0.213 e. The molecule has 0 aliphatic carbocycles. The number of benzene rings is 1. The van der Waals surface area contributed by atoms with Gasteiger partial charge in [-0.15, -0.1) is 0 Å². The van der Waals surface area contributed by atoms with E-state index in [9.17, 15) is 8.78 Å². The van der Waals surface area contributed by atoms with Gasteiger partial charge in [-0.2, -0.15) is 0 Å². The highest BCUT2D eigenvalue weighted by molar-refractivity contribution is 7.80. The highest BCUT2D eigenvalue weighted by Gasteiger charge is 2.15. The minimum atomic E-state index is -1.08. The van der Waals surface area contributed by atoms with Gasteiger partial charge in [-0.3, -0.25) is 0 Å². The zero-order valence-electron chi connectivity index (χ0n) is 11.2. The van der Waals surface area contributed by atoms with Crippen LogP contribution in [0.15, 0.2) is 30.5 Å². The molecule has 0 aliphatic heterocycles. The Balaban J connectivity index is 2.23. The molecule has 1 aromatic carbocycles. The second kappa shape index (κ2) is 6.45. The molecular formula is C14H13F2N3OS. The van der Waals surface area contributed by atoms with Gasteiger partial charge in [0.1, 0.15) is 4.99 Å². The van der Waals surface area contributed by atoms with Crippen molar-refractivity contribution in [2.75, 3.05) is 11.9 Å². The van der Waals surface area contributed by atoms with Gasteiger partial charge < -0.3 is 15.8 Å². The van der Waals surface area contributed by atoms with Crippen molar-refractivity contribution in [2.24, 2.45) is 5.73 Å². The molecule has 3 N–H and O–H groups in total. The van der Waals surface area contributed by atoms with Gasteiger partial charge in [0.2, 0.25) is 5.88 Å². The van der Waals surface area contributed by atoms with Crippen molar-refractivity contribution in [3.8, 4) is 5.88 Å². The van der Waals surface area contributed by atoms with Gasteiger partial charge in [-0.1, -0.05) is 12.2 Å². The SMILES string of the molecule is CCOc1ccc(Nc2ccc(C(N)=S)c(F)c2F)cn1. The van der Waals surface area contributed by atoms with Gasteiger partial charge >= 0.3 is 0 Å². The molecule has 0 amide bonds. The maximum Gasteiger partial charge on any atom is 0.213 e. The molecule has 1 aromatic heterocycles. The molecular weight excluding hydrogens is 296 g/mol. The topological polar surface area (TPSA) is 60.2 Å². The maximum absolute atomic E-state index is 13.9. The van der Waals surface area contributed by atoms with Crippen molar-refractivity contribution in [1.82, 2.24) is 4.98 Å². The summed E-state index contributed by atoms with van der Waals surface area (Å²) in [4.78, 5) is 3.83. The summed E-state index contributed by atoms with van der Waals surface area (Å²) in [6, 6.07) is 5.97. The Hall–Kier alpha value is -2.28. The maximum atomic E-state index is 13.9. The Bertz CT molecular complexity index is 662. The molecule has 0 saturated heterocycles. The Labute approximate surface area is 125 Å². The molecule has 0 fully saturated rings. The summed E-state index contributed by atoms with van der Waals surface area (Å²) >= 11 is 4.65. The van der Waals surface area contributed by atoms with Crippen LogP contribution in [-0.2, 0) is 0 Å². The third kappa shape index (κ3) is 3.43. The molecule has 2 aromatic rings. The summed E-state index contributed by atoms with van der Waals surface area (Å²) < 4.78 is 32.9. The summed E-state index contributed by atoms with van der Waals surface area (Å²) in [5.41, 5.74) is 5.66. The molecule has 0 saturated carbocycles. The quantitative estimate of drug-likeness (QED) is 0.831. The molecule has 4 nitrogen and oxygen atoms in total. The molecule has 0 spiro atoms. The number of pyridine rings is 1. The van der Waals surface area contributed by atoms with Crippen molar-refractivity contribution in [3.63, 3.8) is 0 Å². The first-order valence-corrected chi connectivity index (χ1v) is 6.57. The standard InChI is InChI=1S/C14H13F2N3OS/c1-2-20-11-6-3-8(7-18-11)19-10-5-4-9(14(17)21)12(15)13(10)16/h3-7,19H,2H2,1H3,(H2,17,21). The number of hydrogen-bond donors (Lipinski definition) is 2. The highest BCUT2D eigenvalue weighted by Crippen LogP contribution is 2.24. The van der Waals surface area contributed by atoms with Crippen LogP contribution in [0.1, 0.15) is 12.5 Å². The number of anilines is 2. The van der Waals surface area contributed by atoms with E-state index in [1.807, 2.05) is 6.92 Å². The Kier molecular flexibility index (Phi) is 4.64. The highest BCUT2D eigenvalue weighted by atomic mass is 32.1.